The highest BCUT2D eigenvalue weighted by Crippen LogP contribution is 2.26. The van der Waals surface area contributed by atoms with E-state index in [0.717, 1.165) is 39.3 Å². The summed E-state index contributed by atoms with van der Waals surface area (Å²) in [5.74, 6) is 1.46. The third-order valence-corrected chi connectivity index (χ3v) is 4.90. The van der Waals surface area contributed by atoms with Gasteiger partial charge in [-0.3, -0.25) is 20.5 Å². The molecule has 1 amide bonds. The van der Waals surface area contributed by atoms with Crippen molar-refractivity contribution in [1.29, 1.82) is 0 Å². The number of carbonyl (C=O) groups excluding carboxylic acids is 1. The van der Waals surface area contributed by atoms with Gasteiger partial charge in [-0.15, -0.1) is 0 Å². The van der Waals surface area contributed by atoms with Crippen molar-refractivity contribution in [2.45, 2.75) is 13.0 Å². The number of hydrogen-bond donors (Lipinski definition) is 3. The van der Waals surface area contributed by atoms with E-state index in [1.54, 1.807) is 25.3 Å². The summed E-state index contributed by atoms with van der Waals surface area (Å²) in [7, 11) is 1.58. The number of ether oxygens (including phenoxy) is 3. The first-order chi connectivity index (χ1) is 15.2. The van der Waals surface area contributed by atoms with Gasteiger partial charge in [0.15, 0.2) is 22.4 Å². The van der Waals surface area contributed by atoms with Gasteiger partial charge in [-0.05, 0) is 49.4 Å². The van der Waals surface area contributed by atoms with Crippen molar-refractivity contribution in [2.24, 2.45) is 0 Å². The van der Waals surface area contributed by atoms with Crippen molar-refractivity contribution in [3.8, 4) is 11.5 Å². The van der Waals surface area contributed by atoms with Crippen LogP contribution in [0, 0.1) is 0 Å². The summed E-state index contributed by atoms with van der Waals surface area (Å²) in [6.45, 7) is 5.38. The number of hydrogen-bond acceptors (Lipinski definition) is 7. The van der Waals surface area contributed by atoms with E-state index in [1.165, 1.54) is 0 Å². The number of benzene rings is 1. The van der Waals surface area contributed by atoms with Gasteiger partial charge in [-0.1, -0.05) is 12.1 Å². The highest BCUT2D eigenvalue weighted by atomic mass is 32.1. The number of amides is 1. The Morgan fingerprint density at radius 2 is 1.90 bits per heavy atom. The molecule has 1 saturated heterocycles. The Kier molecular flexibility index (Phi) is 8.95. The van der Waals surface area contributed by atoms with Gasteiger partial charge in [0.1, 0.15) is 12.4 Å². The Hall–Kier alpha value is -2.82. The largest absolute Gasteiger partial charge is 0.493 e. The molecule has 168 valence electrons. The van der Waals surface area contributed by atoms with Crippen LogP contribution in [0.25, 0.3) is 0 Å². The monoisotopic (exact) mass is 448 g/mol. The van der Waals surface area contributed by atoms with Crippen LogP contribution in [0.15, 0.2) is 40.8 Å². The van der Waals surface area contributed by atoms with Gasteiger partial charge in [-0.2, -0.15) is 0 Å². The van der Waals surface area contributed by atoms with Crippen LogP contribution in [-0.2, 0) is 11.3 Å². The molecule has 31 heavy (non-hydrogen) atoms. The molecule has 0 unspecified atom stereocenters. The number of carbonyl (C=O) groups is 1. The molecule has 0 aliphatic carbocycles. The van der Waals surface area contributed by atoms with Crippen LogP contribution in [0.3, 0.4) is 0 Å². The lowest BCUT2D eigenvalue weighted by molar-refractivity contribution is 0.0376. The zero-order chi connectivity index (χ0) is 21.9. The molecule has 10 heteroatoms. The van der Waals surface area contributed by atoms with Gasteiger partial charge < -0.3 is 23.9 Å². The van der Waals surface area contributed by atoms with E-state index in [-0.39, 0.29) is 12.4 Å². The van der Waals surface area contributed by atoms with Crippen molar-refractivity contribution >= 4 is 23.2 Å². The third-order valence-electron chi connectivity index (χ3n) is 4.65. The van der Waals surface area contributed by atoms with E-state index in [4.69, 9.17) is 30.8 Å². The molecular weight excluding hydrogens is 420 g/mol. The molecule has 2 heterocycles. The lowest BCUT2D eigenvalue weighted by atomic mass is 10.3. The van der Waals surface area contributed by atoms with Gasteiger partial charge >= 0.3 is 5.91 Å². The minimum atomic E-state index is -0.430. The van der Waals surface area contributed by atoms with Crippen molar-refractivity contribution in [1.82, 2.24) is 21.1 Å². The van der Waals surface area contributed by atoms with Crippen molar-refractivity contribution in [3.63, 3.8) is 0 Å². The van der Waals surface area contributed by atoms with Crippen LogP contribution in [-0.4, -0.2) is 62.4 Å². The average molecular weight is 449 g/mol. The quantitative estimate of drug-likeness (QED) is 0.301. The van der Waals surface area contributed by atoms with Crippen molar-refractivity contribution < 1.29 is 23.4 Å². The Bertz CT molecular complexity index is 854. The van der Waals surface area contributed by atoms with E-state index < -0.39 is 5.91 Å². The number of thiocarbonyl (C=S) groups is 1. The lowest BCUT2D eigenvalue weighted by Gasteiger charge is -2.26. The zero-order valence-corrected chi connectivity index (χ0v) is 18.3. The summed E-state index contributed by atoms with van der Waals surface area (Å²) in [4.78, 5) is 14.6. The molecule has 1 fully saturated rings. The molecule has 0 bridgehead atoms. The SMILES string of the molecule is COc1ccccc1OCc1ccc(C(=O)NNC(=S)NCCCN2CCOCC2)o1. The van der Waals surface area contributed by atoms with E-state index in [0.29, 0.717) is 28.9 Å². The molecule has 3 rings (SSSR count). The zero-order valence-electron chi connectivity index (χ0n) is 17.5. The second-order valence-electron chi connectivity index (χ2n) is 6.85. The number of morpholine rings is 1. The Balaban J connectivity index is 1.34. The van der Waals surface area contributed by atoms with Crippen LogP contribution >= 0.6 is 12.2 Å². The number of rotatable bonds is 9. The van der Waals surface area contributed by atoms with E-state index >= 15 is 0 Å². The minimum absolute atomic E-state index is 0.154. The Labute approximate surface area is 187 Å². The molecule has 0 spiro atoms. The minimum Gasteiger partial charge on any atom is -0.493 e. The van der Waals surface area contributed by atoms with E-state index in [9.17, 15) is 4.79 Å². The summed E-state index contributed by atoms with van der Waals surface area (Å²) >= 11 is 5.18. The highest BCUT2D eigenvalue weighted by molar-refractivity contribution is 7.80. The molecule has 3 N–H and O–H groups in total. The summed E-state index contributed by atoms with van der Waals surface area (Å²) < 4.78 is 21.8. The number of methoxy groups -OCH3 is 1. The van der Waals surface area contributed by atoms with Gasteiger partial charge in [-0.25, -0.2) is 0 Å². The average Bonchev–Trinajstić information content (AvgIpc) is 3.29. The second kappa shape index (κ2) is 12.1. The smallest absolute Gasteiger partial charge is 0.305 e. The first-order valence-corrected chi connectivity index (χ1v) is 10.6. The molecular formula is C21H28N4O5S. The molecule has 1 aliphatic rings. The fourth-order valence-electron chi connectivity index (χ4n) is 3.01. The number of nitrogens with one attached hydrogen (secondary N) is 3. The molecule has 1 aromatic carbocycles. The van der Waals surface area contributed by atoms with Crippen molar-refractivity contribution in [2.75, 3.05) is 46.5 Å². The first kappa shape index (κ1) is 22.9. The summed E-state index contributed by atoms with van der Waals surface area (Å²) in [5, 5.41) is 3.42. The topological polar surface area (TPSA) is 97.2 Å². The molecule has 0 saturated carbocycles. The maximum absolute atomic E-state index is 12.2. The lowest BCUT2D eigenvalue weighted by Crippen LogP contribution is -2.47. The van der Waals surface area contributed by atoms with Crippen molar-refractivity contribution in [3.05, 3.63) is 47.9 Å². The standard InChI is InChI=1S/C21H28N4O5S/c1-27-17-5-2-3-6-18(17)29-15-16-7-8-19(30-16)20(26)23-24-21(31)22-9-4-10-25-11-13-28-14-12-25/h2-3,5-8H,4,9-15H2,1H3,(H,23,26)(H2,22,24,31). The second-order valence-corrected chi connectivity index (χ2v) is 7.26. The van der Waals surface area contributed by atoms with Crippen LogP contribution in [0.5, 0.6) is 11.5 Å². The highest BCUT2D eigenvalue weighted by Gasteiger charge is 2.13. The molecule has 2 aromatic rings. The van der Waals surface area contributed by atoms with E-state index in [1.807, 2.05) is 18.2 Å². The van der Waals surface area contributed by atoms with Gasteiger partial charge in [0, 0.05) is 19.6 Å². The fraction of sp³-hybridized carbons (Fsp3) is 0.429. The van der Waals surface area contributed by atoms with Gasteiger partial charge in [0.05, 0.1) is 20.3 Å². The van der Waals surface area contributed by atoms with Crippen LogP contribution in [0.4, 0.5) is 0 Å². The molecule has 1 aliphatic heterocycles. The third kappa shape index (κ3) is 7.42. The predicted octanol–water partition coefficient (Wildman–Crippen LogP) is 1.70. The summed E-state index contributed by atoms with van der Waals surface area (Å²) in [6, 6.07) is 10.6. The predicted molar refractivity (Wildman–Crippen MR) is 119 cm³/mol. The van der Waals surface area contributed by atoms with Crippen LogP contribution in [0.2, 0.25) is 0 Å². The number of hydrazine groups is 1. The molecule has 0 radical (unpaired) electrons. The number of nitrogens with zero attached hydrogens (tertiary/aromatic N) is 1. The fourth-order valence-corrected chi connectivity index (χ4v) is 3.17. The molecule has 9 nitrogen and oxygen atoms in total. The van der Waals surface area contributed by atoms with Gasteiger partial charge in [0.25, 0.3) is 0 Å². The number of para-hydroxylation sites is 2. The van der Waals surface area contributed by atoms with E-state index in [2.05, 4.69) is 21.1 Å². The normalized spacial score (nSPS) is 14.0. The van der Waals surface area contributed by atoms with Crippen LogP contribution in [0.1, 0.15) is 22.7 Å². The molecule has 1 aromatic heterocycles. The number of furan rings is 1. The van der Waals surface area contributed by atoms with Crippen LogP contribution < -0.4 is 25.6 Å². The Morgan fingerprint density at radius 3 is 2.68 bits per heavy atom. The maximum atomic E-state index is 12.2. The molecule has 0 atom stereocenters. The summed E-state index contributed by atoms with van der Waals surface area (Å²) in [5.41, 5.74) is 5.20. The maximum Gasteiger partial charge on any atom is 0.305 e. The Morgan fingerprint density at radius 1 is 1.13 bits per heavy atom. The summed E-state index contributed by atoms with van der Waals surface area (Å²) in [6.07, 6.45) is 0.948. The first-order valence-electron chi connectivity index (χ1n) is 10.1. The van der Waals surface area contributed by atoms with Gasteiger partial charge in [0.2, 0.25) is 0 Å².